The predicted octanol–water partition coefficient (Wildman–Crippen LogP) is 2.94. The van der Waals surface area contributed by atoms with E-state index in [2.05, 4.69) is 0 Å². The molecule has 0 spiro atoms. The van der Waals surface area contributed by atoms with Gasteiger partial charge in [-0.25, -0.2) is 0 Å². The largest absolute Gasteiger partial charge is 0.508 e. The Hall–Kier alpha value is -0.0200. The van der Waals surface area contributed by atoms with Crippen LogP contribution in [0.1, 0.15) is 33.6 Å². The third kappa shape index (κ3) is 8.94. The minimum Gasteiger partial charge on any atom is -0.353 e. The number of hydrogen-bond donors (Lipinski definition) is 0. The highest BCUT2D eigenvalue weighted by molar-refractivity contribution is 7.39. The maximum Gasteiger partial charge on any atom is 0.508 e. The molecule has 90 valence electrons. The maximum atomic E-state index is 11.2. The molecule has 0 aliphatic rings. The molecule has 0 fully saturated rings. The van der Waals surface area contributed by atoms with Crippen molar-refractivity contribution in [1.82, 2.24) is 0 Å². The standard InChI is InChI=1S/C10H22O4P/c1-4-12-10(13-5-2)8-7-9-15(11)14-6-3/h10H,4-9H2,1-3H3/q+1. The second-order valence-electron chi connectivity index (χ2n) is 2.96. The van der Waals surface area contributed by atoms with Gasteiger partial charge in [0.1, 0.15) is 0 Å². The van der Waals surface area contributed by atoms with E-state index in [0.717, 1.165) is 12.8 Å². The van der Waals surface area contributed by atoms with Gasteiger partial charge in [-0.2, -0.15) is 0 Å². The molecular formula is C10H22O4P+. The fourth-order valence-corrected chi connectivity index (χ4v) is 2.04. The minimum absolute atomic E-state index is 0.162. The van der Waals surface area contributed by atoms with Crippen LogP contribution in [0.2, 0.25) is 0 Å². The summed E-state index contributed by atoms with van der Waals surface area (Å²) in [4.78, 5) is 0. The van der Waals surface area contributed by atoms with E-state index in [0.29, 0.717) is 26.0 Å². The first-order valence-corrected chi connectivity index (χ1v) is 6.91. The summed E-state index contributed by atoms with van der Waals surface area (Å²) in [7, 11) is -1.49. The molecule has 0 bridgehead atoms. The van der Waals surface area contributed by atoms with E-state index < -0.39 is 8.03 Å². The van der Waals surface area contributed by atoms with Crippen molar-refractivity contribution in [3.63, 3.8) is 0 Å². The lowest BCUT2D eigenvalue weighted by molar-refractivity contribution is -0.139. The van der Waals surface area contributed by atoms with Crippen LogP contribution in [0.4, 0.5) is 0 Å². The Morgan fingerprint density at radius 3 is 2.13 bits per heavy atom. The highest BCUT2D eigenvalue weighted by atomic mass is 31.1. The van der Waals surface area contributed by atoms with Gasteiger partial charge in [-0.05, 0) is 31.8 Å². The molecule has 0 aromatic heterocycles. The van der Waals surface area contributed by atoms with Gasteiger partial charge in [0.15, 0.2) is 12.5 Å². The molecule has 0 heterocycles. The molecule has 5 heteroatoms. The lowest BCUT2D eigenvalue weighted by atomic mass is 10.3. The van der Waals surface area contributed by atoms with Gasteiger partial charge >= 0.3 is 8.03 Å². The van der Waals surface area contributed by atoms with Crippen molar-refractivity contribution < 1.29 is 18.6 Å². The van der Waals surface area contributed by atoms with Crippen molar-refractivity contribution in [2.24, 2.45) is 0 Å². The monoisotopic (exact) mass is 237 g/mol. The smallest absolute Gasteiger partial charge is 0.353 e. The van der Waals surface area contributed by atoms with Crippen molar-refractivity contribution >= 4 is 8.03 Å². The molecule has 0 saturated heterocycles. The minimum atomic E-state index is -1.49. The van der Waals surface area contributed by atoms with Crippen LogP contribution in [-0.2, 0) is 18.6 Å². The van der Waals surface area contributed by atoms with Crippen LogP contribution in [-0.4, -0.2) is 32.3 Å². The Bertz CT molecular complexity index is 158. The molecular weight excluding hydrogens is 215 g/mol. The maximum absolute atomic E-state index is 11.2. The Morgan fingerprint density at radius 1 is 1.07 bits per heavy atom. The van der Waals surface area contributed by atoms with Crippen LogP contribution in [0.25, 0.3) is 0 Å². The highest BCUT2D eigenvalue weighted by Gasteiger charge is 2.17. The van der Waals surface area contributed by atoms with Gasteiger partial charge in [0.05, 0.1) is 6.61 Å². The van der Waals surface area contributed by atoms with Crippen molar-refractivity contribution in [3.8, 4) is 0 Å². The molecule has 0 rings (SSSR count). The van der Waals surface area contributed by atoms with Crippen molar-refractivity contribution in [1.29, 1.82) is 0 Å². The van der Waals surface area contributed by atoms with Gasteiger partial charge < -0.3 is 9.47 Å². The fourth-order valence-electron chi connectivity index (χ4n) is 1.18. The van der Waals surface area contributed by atoms with Gasteiger partial charge in [0.25, 0.3) is 0 Å². The van der Waals surface area contributed by atoms with Crippen LogP contribution in [0.5, 0.6) is 0 Å². The molecule has 0 aliphatic carbocycles. The Kier molecular flexibility index (Phi) is 10.5. The van der Waals surface area contributed by atoms with E-state index in [9.17, 15) is 4.57 Å². The molecule has 0 radical (unpaired) electrons. The molecule has 4 nitrogen and oxygen atoms in total. The molecule has 1 atom stereocenters. The second kappa shape index (κ2) is 10.5. The Balaban J connectivity index is 3.55. The molecule has 0 amide bonds. The van der Waals surface area contributed by atoms with Crippen LogP contribution >= 0.6 is 8.03 Å². The zero-order chi connectivity index (χ0) is 11.5. The van der Waals surface area contributed by atoms with Gasteiger partial charge in [-0.15, -0.1) is 4.52 Å². The van der Waals surface area contributed by atoms with Crippen LogP contribution < -0.4 is 0 Å². The summed E-state index contributed by atoms with van der Waals surface area (Å²) < 4.78 is 26.9. The van der Waals surface area contributed by atoms with Crippen molar-refractivity contribution in [2.45, 2.75) is 39.9 Å². The Morgan fingerprint density at radius 2 is 1.67 bits per heavy atom. The summed E-state index contributed by atoms with van der Waals surface area (Å²) in [6.45, 7) is 7.51. The molecule has 15 heavy (non-hydrogen) atoms. The summed E-state index contributed by atoms with van der Waals surface area (Å²) in [6.07, 6.45) is 2.00. The third-order valence-electron chi connectivity index (χ3n) is 1.76. The quantitative estimate of drug-likeness (QED) is 0.433. The lowest BCUT2D eigenvalue weighted by Gasteiger charge is -2.15. The molecule has 0 saturated carbocycles. The summed E-state index contributed by atoms with van der Waals surface area (Å²) in [5, 5.41) is 0. The number of hydrogen-bond acceptors (Lipinski definition) is 4. The van der Waals surface area contributed by atoms with E-state index >= 15 is 0 Å². The zero-order valence-corrected chi connectivity index (χ0v) is 10.8. The normalized spacial score (nSPS) is 12.1. The molecule has 1 unspecified atom stereocenters. The SMILES string of the molecule is CCOC(CCC[P+](=O)OCC)OCC. The van der Waals surface area contributed by atoms with Crippen LogP contribution in [0.15, 0.2) is 0 Å². The van der Waals surface area contributed by atoms with E-state index in [1.807, 2.05) is 20.8 Å². The van der Waals surface area contributed by atoms with Crippen LogP contribution in [0, 0.1) is 0 Å². The average Bonchev–Trinajstić information content (AvgIpc) is 2.19. The number of rotatable bonds is 10. The predicted molar refractivity (Wildman–Crippen MR) is 60.4 cm³/mol. The third-order valence-corrected chi connectivity index (χ3v) is 2.99. The first-order valence-electron chi connectivity index (χ1n) is 5.55. The second-order valence-corrected chi connectivity index (χ2v) is 4.33. The van der Waals surface area contributed by atoms with E-state index in [1.54, 1.807) is 0 Å². The summed E-state index contributed by atoms with van der Waals surface area (Å²) in [5.74, 6) is 0. The van der Waals surface area contributed by atoms with Crippen LogP contribution in [0.3, 0.4) is 0 Å². The Labute approximate surface area is 93.2 Å². The lowest BCUT2D eigenvalue weighted by Crippen LogP contribution is -2.17. The molecule has 0 aromatic rings. The van der Waals surface area contributed by atoms with Gasteiger partial charge in [0, 0.05) is 19.6 Å². The summed E-state index contributed by atoms with van der Waals surface area (Å²) in [5.41, 5.74) is 0. The summed E-state index contributed by atoms with van der Waals surface area (Å²) in [6, 6.07) is 0. The molecule has 0 N–H and O–H groups in total. The van der Waals surface area contributed by atoms with E-state index in [-0.39, 0.29) is 6.29 Å². The highest BCUT2D eigenvalue weighted by Crippen LogP contribution is 2.23. The first-order chi connectivity index (χ1) is 7.24. The molecule has 0 aromatic carbocycles. The van der Waals surface area contributed by atoms with E-state index in [1.165, 1.54) is 0 Å². The van der Waals surface area contributed by atoms with Gasteiger partial charge in [-0.3, -0.25) is 0 Å². The molecule has 0 aliphatic heterocycles. The number of ether oxygens (including phenoxy) is 2. The van der Waals surface area contributed by atoms with Gasteiger partial charge in [-0.1, -0.05) is 0 Å². The van der Waals surface area contributed by atoms with Crippen molar-refractivity contribution in [2.75, 3.05) is 26.0 Å². The topological polar surface area (TPSA) is 44.8 Å². The summed E-state index contributed by atoms with van der Waals surface area (Å²) >= 11 is 0. The fraction of sp³-hybridized carbons (Fsp3) is 1.00. The first kappa shape index (κ1) is 15.0. The van der Waals surface area contributed by atoms with Crippen molar-refractivity contribution in [3.05, 3.63) is 0 Å². The average molecular weight is 237 g/mol. The van der Waals surface area contributed by atoms with E-state index in [4.69, 9.17) is 14.0 Å². The zero-order valence-electron chi connectivity index (χ0n) is 9.90. The van der Waals surface area contributed by atoms with Gasteiger partial charge in [0.2, 0.25) is 0 Å².